The maximum absolute atomic E-state index is 12.5. The van der Waals surface area contributed by atoms with E-state index in [2.05, 4.69) is 10.3 Å². The number of hydrogen-bond acceptors (Lipinski definition) is 5. The summed E-state index contributed by atoms with van der Waals surface area (Å²) in [6, 6.07) is 9.64. The molecule has 1 fully saturated rings. The summed E-state index contributed by atoms with van der Waals surface area (Å²) in [6.07, 6.45) is 2.46. The number of carboxylic acid groups (broad SMARTS) is 1. The van der Waals surface area contributed by atoms with Crippen molar-refractivity contribution < 1.29 is 19.4 Å². The van der Waals surface area contributed by atoms with Crippen molar-refractivity contribution in [2.75, 3.05) is 5.32 Å². The summed E-state index contributed by atoms with van der Waals surface area (Å²) in [7, 11) is 0. The Labute approximate surface area is 141 Å². The van der Waals surface area contributed by atoms with Crippen molar-refractivity contribution in [3.63, 3.8) is 0 Å². The first-order chi connectivity index (χ1) is 11.6. The SMILES string of the molecule is O=C(O)[C@@H]1[C@H](C(=O)Nc2nc(-c3ccccc3)cs2)[C@H]2C=C[C@@H]1O2. The largest absolute Gasteiger partial charge is 0.481 e. The highest BCUT2D eigenvalue weighted by molar-refractivity contribution is 7.14. The van der Waals surface area contributed by atoms with Gasteiger partial charge in [0.25, 0.3) is 0 Å². The van der Waals surface area contributed by atoms with Crippen LogP contribution in [0.3, 0.4) is 0 Å². The third kappa shape index (κ3) is 2.51. The van der Waals surface area contributed by atoms with Crippen molar-refractivity contribution in [1.82, 2.24) is 4.98 Å². The van der Waals surface area contributed by atoms with Gasteiger partial charge < -0.3 is 15.2 Å². The molecule has 1 amide bonds. The van der Waals surface area contributed by atoms with Crippen molar-refractivity contribution >= 4 is 28.3 Å². The van der Waals surface area contributed by atoms with E-state index in [1.165, 1.54) is 11.3 Å². The number of anilines is 1. The molecule has 1 aromatic heterocycles. The predicted molar refractivity (Wildman–Crippen MR) is 88.6 cm³/mol. The summed E-state index contributed by atoms with van der Waals surface area (Å²) >= 11 is 1.31. The number of amides is 1. The van der Waals surface area contributed by atoms with Gasteiger partial charge in [-0.1, -0.05) is 42.5 Å². The van der Waals surface area contributed by atoms with Gasteiger partial charge in [0.05, 0.1) is 23.8 Å². The Bertz CT molecular complexity index is 817. The van der Waals surface area contributed by atoms with Crippen molar-refractivity contribution in [2.24, 2.45) is 11.8 Å². The Hall–Kier alpha value is -2.51. The van der Waals surface area contributed by atoms with Gasteiger partial charge >= 0.3 is 5.97 Å². The number of carbonyl (C=O) groups excluding carboxylic acids is 1. The maximum atomic E-state index is 12.5. The van der Waals surface area contributed by atoms with Crippen LogP contribution in [-0.4, -0.2) is 34.2 Å². The van der Waals surface area contributed by atoms with Crippen LogP contribution in [0.1, 0.15) is 0 Å². The zero-order valence-corrected chi connectivity index (χ0v) is 13.3. The lowest BCUT2D eigenvalue weighted by Crippen LogP contribution is -2.39. The normalized spacial score (nSPS) is 27.3. The molecule has 0 spiro atoms. The predicted octanol–water partition coefficient (Wildman–Crippen LogP) is 2.40. The fraction of sp³-hybridized carbons (Fsp3) is 0.235. The Morgan fingerprint density at radius 3 is 2.54 bits per heavy atom. The van der Waals surface area contributed by atoms with Gasteiger partial charge in [-0.05, 0) is 0 Å². The minimum Gasteiger partial charge on any atom is -0.481 e. The number of rotatable bonds is 4. The summed E-state index contributed by atoms with van der Waals surface area (Å²) in [5, 5.41) is 14.4. The number of hydrogen-bond donors (Lipinski definition) is 2. The average molecular weight is 342 g/mol. The molecule has 0 radical (unpaired) electrons. The van der Waals surface area contributed by atoms with Gasteiger partial charge in [-0.25, -0.2) is 4.98 Å². The molecule has 4 rings (SSSR count). The van der Waals surface area contributed by atoms with Crippen LogP contribution in [-0.2, 0) is 14.3 Å². The second-order valence-electron chi connectivity index (χ2n) is 5.73. The second-order valence-corrected chi connectivity index (χ2v) is 6.59. The highest BCUT2D eigenvalue weighted by Gasteiger charge is 2.53. The molecular formula is C17H14N2O4S. The zero-order valence-electron chi connectivity index (χ0n) is 12.5. The number of nitrogens with zero attached hydrogens (tertiary/aromatic N) is 1. The van der Waals surface area contributed by atoms with Gasteiger partial charge in [-0.2, -0.15) is 0 Å². The first kappa shape index (κ1) is 15.0. The Balaban J connectivity index is 1.52. The molecule has 2 bridgehead atoms. The lowest BCUT2D eigenvalue weighted by Gasteiger charge is -2.20. The molecule has 0 aliphatic carbocycles. The number of thiazole rings is 1. The Morgan fingerprint density at radius 1 is 1.12 bits per heavy atom. The topological polar surface area (TPSA) is 88.5 Å². The van der Waals surface area contributed by atoms with Gasteiger partial charge in [-0.15, -0.1) is 11.3 Å². The molecule has 0 unspecified atom stereocenters. The van der Waals surface area contributed by atoms with Gasteiger partial charge in [0.15, 0.2) is 5.13 Å². The Morgan fingerprint density at radius 2 is 1.83 bits per heavy atom. The lowest BCUT2D eigenvalue weighted by molar-refractivity contribution is -0.145. The number of carbonyl (C=O) groups is 2. The number of benzene rings is 1. The minimum absolute atomic E-state index is 0.367. The molecule has 2 aliphatic heterocycles. The van der Waals surface area contributed by atoms with E-state index in [-0.39, 0.29) is 5.91 Å². The summed E-state index contributed by atoms with van der Waals surface area (Å²) < 4.78 is 5.52. The first-order valence-electron chi connectivity index (χ1n) is 7.52. The third-order valence-electron chi connectivity index (χ3n) is 4.29. The molecular weight excluding hydrogens is 328 g/mol. The summed E-state index contributed by atoms with van der Waals surface area (Å²) in [4.78, 5) is 28.4. The standard InChI is InChI=1S/C17H14N2O4S/c20-15(13-11-6-7-12(23-11)14(13)16(21)22)19-17-18-10(8-24-17)9-4-2-1-3-5-9/h1-8,11-14H,(H,21,22)(H,18,19,20)/t11-,12+,13-,14+/m1/s1. The van der Waals surface area contributed by atoms with Gasteiger partial charge in [-0.3, -0.25) is 9.59 Å². The van der Waals surface area contributed by atoms with Crippen LogP contribution >= 0.6 is 11.3 Å². The van der Waals surface area contributed by atoms with E-state index < -0.39 is 30.0 Å². The van der Waals surface area contributed by atoms with Crippen LogP contribution in [0.2, 0.25) is 0 Å². The first-order valence-corrected chi connectivity index (χ1v) is 8.40. The number of ether oxygens (including phenoxy) is 1. The van der Waals surface area contributed by atoms with Gasteiger partial charge in [0.2, 0.25) is 5.91 Å². The van der Waals surface area contributed by atoms with Gasteiger partial charge in [0, 0.05) is 10.9 Å². The molecule has 1 aromatic carbocycles. The van der Waals surface area contributed by atoms with E-state index in [1.807, 2.05) is 35.7 Å². The van der Waals surface area contributed by atoms with Crippen molar-refractivity contribution in [3.8, 4) is 11.3 Å². The Kier molecular flexibility index (Phi) is 3.66. The van der Waals surface area contributed by atoms with Gasteiger partial charge in [0.1, 0.15) is 5.92 Å². The highest BCUT2D eigenvalue weighted by Crippen LogP contribution is 2.40. The summed E-state index contributed by atoms with van der Waals surface area (Å²) in [6.45, 7) is 0. The maximum Gasteiger partial charge on any atom is 0.310 e. The van der Waals surface area contributed by atoms with E-state index in [1.54, 1.807) is 12.2 Å². The quantitative estimate of drug-likeness (QED) is 0.833. The number of fused-ring (bicyclic) bond motifs is 2. The van der Waals surface area contributed by atoms with Crippen LogP contribution in [0, 0.1) is 11.8 Å². The summed E-state index contributed by atoms with van der Waals surface area (Å²) in [5.74, 6) is -2.97. The van der Waals surface area contributed by atoms with E-state index in [0.29, 0.717) is 5.13 Å². The molecule has 4 atom stereocenters. The van der Waals surface area contributed by atoms with E-state index in [4.69, 9.17) is 4.74 Å². The molecule has 7 heteroatoms. The fourth-order valence-corrected chi connectivity index (χ4v) is 3.90. The van der Waals surface area contributed by atoms with Crippen LogP contribution in [0.15, 0.2) is 47.9 Å². The molecule has 2 aromatic rings. The molecule has 122 valence electrons. The minimum atomic E-state index is -1.02. The van der Waals surface area contributed by atoms with Crippen LogP contribution < -0.4 is 5.32 Å². The number of aromatic nitrogens is 1. The molecule has 3 heterocycles. The number of nitrogens with one attached hydrogen (secondary N) is 1. The molecule has 2 N–H and O–H groups in total. The molecule has 2 aliphatic rings. The average Bonchev–Trinajstić information content (AvgIpc) is 3.30. The van der Waals surface area contributed by atoms with E-state index >= 15 is 0 Å². The molecule has 24 heavy (non-hydrogen) atoms. The van der Waals surface area contributed by atoms with E-state index in [9.17, 15) is 14.7 Å². The molecule has 6 nitrogen and oxygen atoms in total. The lowest BCUT2D eigenvalue weighted by atomic mass is 9.82. The number of aliphatic carboxylic acids is 1. The molecule has 0 saturated carbocycles. The fourth-order valence-electron chi connectivity index (χ4n) is 3.18. The van der Waals surface area contributed by atoms with Crippen molar-refractivity contribution in [2.45, 2.75) is 12.2 Å². The van der Waals surface area contributed by atoms with Crippen LogP contribution in [0.4, 0.5) is 5.13 Å². The molecule has 1 saturated heterocycles. The third-order valence-corrected chi connectivity index (χ3v) is 5.05. The van der Waals surface area contributed by atoms with Crippen molar-refractivity contribution in [3.05, 3.63) is 47.9 Å². The smallest absolute Gasteiger partial charge is 0.310 e. The highest BCUT2D eigenvalue weighted by atomic mass is 32.1. The monoisotopic (exact) mass is 342 g/mol. The zero-order chi connectivity index (χ0) is 16.7. The number of carboxylic acids is 1. The van der Waals surface area contributed by atoms with E-state index in [0.717, 1.165) is 11.3 Å². The van der Waals surface area contributed by atoms with Crippen LogP contribution in [0.5, 0.6) is 0 Å². The van der Waals surface area contributed by atoms with Crippen LogP contribution in [0.25, 0.3) is 11.3 Å². The second kappa shape index (κ2) is 5.85. The summed E-state index contributed by atoms with van der Waals surface area (Å²) in [5.41, 5.74) is 1.73. The van der Waals surface area contributed by atoms with Crippen molar-refractivity contribution in [1.29, 1.82) is 0 Å².